The maximum absolute atomic E-state index is 12.9. The van der Waals surface area contributed by atoms with Crippen molar-refractivity contribution < 1.29 is 34.2 Å². The lowest BCUT2D eigenvalue weighted by atomic mass is 10.0. The Bertz CT molecular complexity index is 1030. The Balaban J connectivity index is 1.73. The van der Waals surface area contributed by atoms with Crippen LogP contribution in [0.5, 0.6) is 0 Å². The molecule has 0 aromatic carbocycles. The second-order valence-electron chi connectivity index (χ2n) is 6.59. The van der Waals surface area contributed by atoms with Gasteiger partial charge in [0, 0.05) is 17.6 Å². The maximum atomic E-state index is 12.9. The van der Waals surface area contributed by atoms with Crippen molar-refractivity contribution in [1.82, 2.24) is 15.2 Å². The van der Waals surface area contributed by atoms with Crippen LogP contribution in [0.3, 0.4) is 0 Å². The van der Waals surface area contributed by atoms with Crippen LogP contribution in [-0.2, 0) is 24.0 Å². The minimum atomic E-state index is -1.25. The summed E-state index contributed by atoms with van der Waals surface area (Å²) in [5.74, 6) is -3.26. The van der Waals surface area contributed by atoms with Gasteiger partial charge in [-0.25, -0.2) is 9.78 Å². The van der Waals surface area contributed by atoms with Crippen molar-refractivity contribution in [2.24, 2.45) is 5.16 Å². The first-order chi connectivity index (χ1) is 15.2. The molecule has 3 heterocycles. The molecule has 170 valence electrons. The van der Waals surface area contributed by atoms with Crippen LogP contribution in [0.15, 0.2) is 34.5 Å². The minimum absolute atomic E-state index is 0.0472. The Labute approximate surface area is 189 Å². The molecule has 0 bridgehead atoms. The third-order valence-electron chi connectivity index (χ3n) is 4.50. The van der Waals surface area contributed by atoms with Gasteiger partial charge in [-0.05, 0) is 12.0 Å². The summed E-state index contributed by atoms with van der Waals surface area (Å²) in [6.45, 7) is 3.54. The fraction of sp³-hybridized carbons (Fsp3) is 0.333. The first-order valence-corrected chi connectivity index (χ1v) is 11.1. The molecule has 3 rings (SSSR count). The molecule has 1 aromatic heterocycles. The Hall–Kier alpha value is -3.39. The summed E-state index contributed by atoms with van der Waals surface area (Å²) >= 11 is 2.37. The largest absolute Gasteiger partial charge is 0.481 e. The number of carbonyl (C=O) groups is 4. The van der Waals surface area contributed by atoms with E-state index in [9.17, 15) is 24.3 Å². The Morgan fingerprint density at radius 2 is 2.19 bits per heavy atom. The molecule has 0 saturated carbocycles. The van der Waals surface area contributed by atoms with E-state index in [1.165, 1.54) is 23.2 Å². The number of amides is 2. The van der Waals surface area contributed by atoms with Crippen LogP contribution in [0.2, 0.25) is 0 Å². The van der Waals surface area contributed by atoms with Gasteiger partial charge in [-0.3, -0.25) is 19.3 Å². The number of hydrogen-bond donors (Lipinski definition) is 4. The third kappa shape index (κ3) is 4.75. The minimum Gasteiger partial charge on any atom is -0.481 e. The van der Waals surface area contributed by atoms with Gasteiger partial charge in [-0.15, -0.1) is 23.1 Å². The van der Waals surface area contributed by atoms with Gasteiger partial charge in [0.25, 0.3) is 11.8 Å². The second kappa shape index (κ2) is 9.82. The second-order valence-corrected chi connectivity index (χ2v) is 8.58. The highest BCUT2D eigenvalue weighted by Gasteiger charge is 2.54. The van der Waals surface area contributed by atoms with Crippen molar-refractivity contribution >= 4 is 57.7 Å². The van der Waals surface area contributed by atoms with E-state index in [1.54, 1.807) is 0 Å². The lowest BCUT2D eigenvalue weighted by Crippen LogP contribution is -2.71. The molecule has 2 amide bonds. The number of nitrogens with two attached hydrogens (primary N) is 1. The van der Waals surface area contributed by atoms with E-state index >= 15 is 0 Å². The van der Waals surface area contributed by atoms with Gasteiger partial charge >= 0.3 is 11.9 Å². The molecular formula is C18H19N5O7S2. The fourth-order valence-corrected chi connectivity index (χ4v) is 4.90. The number of aromatic nitrogens is 1. The van der Waals surface area contributed by atoms with E-state index in [0.717, 1.165) is 16.2 Å². The summed E-state index contributed by atoms with van der Waals surface area (Å²) in [4.78, 5) is 57.9. The molecule has 1 saturated heterocycles. The molecule has 1 unspecified atom stereocenters. The Morgan fingerprint density at radius 1 is 1.44 bits per heavy atom. The quantitative estimate of drug-likeness (QED) is 0.156. The first-order valence-electron chi connectivity index (χ1n) is 9.22. The summed E-state index contributed by atoms with van der Waals surface area (Å²) in [6.07, 6.45) is 1.45. The lowest BCUT2D eigenvalue weighted by Gasteiger charge is -2.49. The molecule has 12 nitrogen and oxygen atoms in total. The number of oxime groups is 1. The van der Waals surface area contributed by atoms with E-state index in [-0.39, 0.29) is 41.7 Å². The molecular weight excluding hydrogens is 462 g/mol. The molecule has 0 aliphatic carbocycles. The van der Waals surface area contributed by atoms with Crippen molar-refractivity contribution in [2.45, 2.75) is 24.3 Å². The Kier molecular flexibility index (Phi) is 7.15. The number of allylic oxidation sites excluding steroid dienone is 1. The normalized spacial score (nSPS) is 20.3. The van der Waals surface area contributed by atoms with Crippen LogP contribution in [0.4, 0.5) is 5.13 Å². The van der Waals surface area contributed by atoms with E-state index in [0.29, 0.717) is 11.3 Å². The number of rotatable bonds is 10. The van der Waals surface area contributed by atoms with E-state index < -0.39 is 35.2 Å². The van der Waals surface area contributed by atoms with Gasteiger partial charge in [0.2, 0.25) is 0 Å². The molecule has 1 aromatic rings. The summed E-state index contributed by atoms with van der Waals surface area (Å²) in [5, 5.41) is 25.5. The number of nitrogen functional groups attached to an aromatic ring is 1. The fourth-order valence-electron chi connectivity index (χ4n) is 3.01. The average Bonchev–Trinajstić information content (AvgIpc) is 3.18. The number of aliphatic carboxylic acids is 2. The van der Waals surface area contributed by atoms with Gasteiger partial charge in [-0.2, -0.15) is 0 Å². The molecule has 0 spiro atoms. The third-order valence-corrected chi connectivity index (χ3v) is 6.47. The SMILES string of the molecule is C=CC1=C(C(=O)O)N2C(=O)C(NC(=O)C(=NOCCCC(=O)O)c3csc(N)n3)[C@H]2SC1. The van der Waals surface area contributed by atoms with Crippen LogP contribution in [0.1, 0.15) is 18.5 Å². The monoisotopic (exact) mass is 481 g/mol. The van der Waals surface area contributed by atoms with Crippen molar-refractivity contribution in [3.8, 4) is 0 Å². The number of carboxylic acids is 2. The number of anilines is 1. The predicted octanol–water partition coefficient (Wildman–Crippen LogP) is 0.235. The first kappa shape index (κ1) is 23.3. The van der Waals surface area contributed by atoms with Crippen LogP contribution in [0.25, 0.3) is 0 Å². The zero-order chi connectivity index (χ0) is 23.4. The number of carbonyl (C=O) groups excluding carboxylic acids is 2. The van der Waals surface area contributed by atoms with Crippen LogP contribution >= 0.6 is 23.1 Å². The standard InChI is InChI=1S/C18H19N5O7S2/c1-2-8-6-31-16-12(15(27)23(16)13(8)17(28)29)21-14(26)11(9-7-32-18(19)20-9)22-30-5-3-4-10(24)25/h2,7,12,16H,1,3-6H2,(H2,19,20)(H,21,26)(H,24,25)(H,28,29)/t12?,16-/m1/s1. The number of thiazole rings is 1. The molecule has 1 fully saturated rings. The van der Waals surface area contributed by atoms with E-state index in [4.69, 9.17) is 15.7 Å². The zero-order valence-corrected chi connectivity index (χ0v) is 18.1. The molecule has 5 N–H and O–H groups in total. The number of hydrogen-bond acceptors (Lipinski definition) is 10. The van der Waals surface area contributed by atoms with E-state index in [1.807, 2.05) is 0 Å². The van der Waals surface area contributed by atoms with Crippen LogP contribution in [-0.4, -0.2) is 73.3 Å². The van der Waals surface area contributed by atoms with E-state index in [2.05, 4.69) is 22.0 Å². The molecule has 2 atom stereocenters. The number of carboxylic acid groups (broad SMARTS) is 2. The zero-order valence-electron chi connectivity index (χ0n) is 16.5. The van der Waals surface area contributed by atoms with Crippen molar-refractivity contribution in [3.05, 3.63) is 35.0 Å². The lowest BCUT2D eigenvalue weighted by molar-refractivity contribution is -0.150. The van der Waals surface area contributed by atoms with Gasteiger partial charge in [0.1, 0.15) is 29.4 Å². The number of nitrogens with one attached hydrogen (secondary N) is 1. The maximum Gasteiger partial charge on any atom is 0.352 e. The van der Waals surface area contributed by atoms with Gasteiger partial charge < -0.3 is 26.1 Å². The number of β-lactam (4-membered cyclic amide) rings is 1. The Morgan fingerprint density at radius 3 is 2.78 bits per heavy atom. The van der Waals surface area contributed by atoms with Gasteiger partial charge in [0.05, 0.1) is 0 Å². The number of thioether (sulfide) groups is 1. The topological polar surface area (TPSA) is 185 Å². The summed E-state index contributed by atoms with van der Waals surface area (Å²) < 4.78 is 0. The summed E-state index contributed by atoms with van der Waals surface area (Å²) in [6, 6.07) is -0.971. The highest BCUT2D eigenvalue weighted by atomic mass is 32.2. The highest BCUT2D eigenvalue weighted by molar-refractivity contribution is 8.00. The average molecular weight is 482 g/mol. The molecule has 2 aliphatic heterocycles. The molecule has 14 heteroatoms. The van der Waals surface area contributed by atoms with Gasteiger partial charge in [0.15, 0.2) is 10.8 Å². The molecule has 0 radical (unpaired) electrons. The molecule has 32 heavy (non-hydrogen) atoms. The summed E-state index contributed by atoms with van der Waals surface area (Å²) in [5.41, 5.74) is 5.79. The van der Waals surface area contributed by atoms with Crippen molar-refractivity contribution in [2.75, 3.05) is 18.1 Å². The predicted molar refractivity (Wildman–Crippen MR) is 116 cm³/mol. The van der Waals surface area contributed by atoms with Crippen LogP contribution < -0.4 is 11.1 Å². The number of fused-ring (bicyclic) bond motifs is 1. The molecule has 2 aliphatic rings. The van der Waals surface area contributed by atoms with Crippen LogP contribution in [0, 0.1) is 0 Å². The van der Waals surface area contributed by atoms with Crippen molar-refractivity contribution in [1.29, 1.82) is 0 Å². The highest BCUT2D eigenvalue weighted by Crippen LogP contribution is 2.40. The number of nitrogens with zero attached hydrogens (tertiary/aromatic N) is 3. The van der Waals surface area contributed by atoms with Gasteiger partial charge in [-0.1, -0.05) is 17.8 Å². The van der Waals surface area contributed by atoms with Crippen molar-refractivity contribution in [3.63, 3.8) is 0 Å². The smallest absolute Gasteiger partial charge is 0.352 e. The summed E-state index contributed by atoms with van der Waals surface area (Å²) in [7, 11) is 0.